The molecule has 4 aromatic heterocycles. The molecule has 6 aromatic rings. The van der Waals surface area contributed by atoms with Crippen molar-refractivity contribution in [3.63, 3.8) is 0 Å². The maximum Gasteiger partial charge on any atom is 0.335 e. The van der Waals surface area contributed by atoms with Crippen LogP contribution in [0.2, 0.25) is 10.0 Å². The van der Waals surface area contributed by atoms with Crippen molar-refractivity contribution in [1.82, 2.24) is 14.9 Å². The summed E-state index contributed by atoms with van der Waals surface area (Å²) in [6.45, 7) is 0. The van der Waals surface area contributed by atoms with Crippen LogP contribution in [0.5, 0.6) is 0 Å². The van der Waals surface area contributed by atoms with Gasteiger partial charge < -0.3 is 40.9 Å². The number of aromatic nitrogens is 2. The lowest BCUT2D eigenvalue weighted by atomic mass is 10.1. The number of nitrogen functional groups attached to an aromatic ring is 2. The average molecular weight is 691 g/mol. The number of halogens is 2. The number of fused-ring (bicyclic) bond motifs is 2. The van der Waals surface area contributed by atoms with Gasteiger partial charge in [-0.05, 0) is 60.7 Å². The van der Waals surface area contributed by atoms with Gasteiger partial charge in [-0.25, -0.2) is 14.8 Å². The lowest BCUT2D eigenvalue weighted by Gasteiger charge is -2.09. The molecule has 6 rings (SSSR count). The zero-order chi connectivity index (χ0) is 34.7. The number of carboxylic acid groups (broad SMARTS) is 1. The highest BCUT2D eigenvalue weighted by Gasteiger charge is 2.22. The van der Waals surface area contributed by atoms with Gasteiger partial charge in [-0.1, -0.05) is 23.2 Å². The largest absolute Gasteiger partial charge is 0.478 e. The van der Waals surface area contributed by atoms with Crippen LogP contribution in [0.15, 0.2) is 81.9 Å². The number of anilines is 4. The van der Waals surface area contributed by atoms with Gasteiger partial charge in [0, 0.05) is 42.8 Å². The minimum absolute atomic E-state index is 0.0406. The van der Waals surface area contributed by atoms with Crippen LogP contribution in [0, 0.1) is 0 Å². The monoisotopic (exact) mass is 689 g/mol. The van der Waals surface area contributed by atoms with E-state index in [0.29, 0.717) is 43.4 Å². The molecule has 3 amide bonds. The number of benzene rings is 2. The molecule has 0 unspecified atom stereocenters. The highest BCUT2D eigenvalue weighted by atomic mass is 35.5. The highest BCUT2D eigenvalue weighted by Crippen LogP contribution is 2.31. The number of hydrogen-bond donors (Lipinski definition) is 5. The first kappa shape index (κ1) is 33.2. The van der Waals surface area contributed by atoms with Crippen LogP contribution in [-0.4, -0.2) is 57.8 Å². The molecule has 0 atom stereocenters. The summed E-state index contributed by atoms with van der Waals surface area (Å²) in [7, 11) is 3.31. The van der Waals surface area contributed by atoms with Crippen molar-refractivity contribution in [2.45, 2.75) is 0 Å². The zero-order valence-corrected chi connectivity index (χ0v) is 26.6. The van der Waals surface area contributed by atoms with Gasteiger partial charge >= 0.3 is 5.97 Å². The molecule has 16 heteroatoms. The van der Waals surface area contributed by atoms with Crippen LogP contribution in [0.1, 0.15) is 41.8 Å². The van der Waals surface area contributed by atoms with Gasteiger partial charge in [-0.3, -0.25) is 14.4 Å². The summed E-state index contributed by atoms with van der Waals surface area (Å²) in [6, 6.07) is 15.3. The number of pyridine rings is 2. The molecule has 0 bridgehead atoms. The van der Waals surface area contributed by atoms with Crippen LogP contribution >= 0.6 is 23.2 Å². The summed E-state index contributed by atoms with van der Waals surface area (Å²) in [4.78, 5) is 57.1. The number of nitrogens with two attached hydrogens (primary N) is 2. The third-order valence-corrected chi connectivity index (χ3v) is 7.15. The number of aromatic carboxylic acids is 1. The lowest BCUT2D eigenvalue weighted by Crippen LogP contribution is -2.21. The Morgan fingerprint density at radius 1 is 0.708 bits per heavy atom. The summed E-state index contributed by atoms with van der Waals surface area (Å²) in [5, 5.41) is 15.9. The van der Waals surface area contributed by atoms with Crippen molar-refractivity contribution in [3.05, 3.63) is 106 Å². The fourth-order valence-electron chi connectivity index (χ4n) is 4.34. The third-order valence-electron chi connectivity index (χ3n) is 6.70. The predicted octanol–water partition coefficient (Wildman–Crippen LogP) is 6.03. The van der Waals surface area contributed by atoms with Crippen LogP contribution in [0.4, 0.5) is 23.0 Å². The van der Waals surface area contributed by atoms with Crippen molar-refractivity contribution < 1.29 is 33.1 Å². The molecule has 244 valence electrons. The maximum absolute atomic E-state index is 12.4. The lowest BCUT2D eigenvalue weighted by molar-refractivity contribution is 0.0696. The van der Waals surface area contributed by atoms with Crippen LogP contribution in [-0.2, 0) is 0 Å². The fraction of sp³-hybridized carbons (Fsp3) is 0.0625. The number of carbonyl (C=O) groups excluding carboxylic acids is 3. The molecule has 14 nitrogen and oxygen atoms in total. The van der Waals surface area contributed by atoms with Gasteiger partial charge in [-0.15, -0.1) is 0 Å². The van der Waals surface area contributed by atoms with Crippen LogP contribution < -0.4 is 22.1 Å². The third kappa shape index (κ3) is 7.14. The zero-order valence-electron chi connectivity index (χ0n) is 25.1. The second-order valence-corrected chi connectivity index (χ2v) is 11.1. The normalized spacial score (nSPS) is 10.7. The van der Waals surface area contributed by atoms with Gasteiger partial charge in [0.1, 0.15) is 22.8 Å². The van der Waals surface area contributed by atoms with Gasteiger partial charge in [-0.2, -0.15) is 0 Å². The van der Waals surface area contributed by atoms with E-state index in [1.54, 1.807) is 50.5 Å². The van der Waals surface area contributed by atoms with E-state index in [1.807, 2.05) is 0 Å². The Balaban J connectivity index is 0.000000188. The van der Waals surface area contributed by atoms with E-state index in [9.17, 15) is 19.2 Å². The number of amides is 3. The molecule has 7 N–H and O–H groups in total. The van der Waals surface area contributed by atoms with E-state index in [2.05, 4.69) is 20.6 Å². The number of carboxylic acids is 1. The Bertz CT molecular complexity index is 2200. The molecule has 0 saturated carbocycles. The quantitative estimate of drug-likeness (QED) is 0.136. The van der Waals surface area contributed by atoms with E-state index in [0.717, 1.165) is 0 Å². The first-order valence-electron chi connectivity index (χ1n) is 13.8. The first-order valence-corrected chi connectivity index (χ1v) is 14.5. The summed E-state index contributed by atoms with van der Waals surface area (Å²) in [5.74, 6) is -1.94. The number of nitrogens with one attached hydrogen (secondary N) is 2. The molecule has 0 spiro atoms. The fourth-order valence-corrected chi connectivity index (χ4v) is 4.56. The molecule has 0 radical (unpaired) electrons. The summed E-state index contributed by atoms with van der Waals surface area (Å²) in [6.07, 6.45) is 2.80. The molecule has 48 heavy (non-hydrogen) atoms. The molecule has 0 fully saturated rings. The Hall–Kier alpha value is -6.12. The van der Waals surface area contributed by atoms with Crippen molar-refractivity contribution in [2.24, 2.45) is 0 Å². The van der Waals surface area contributed by atoms with E-state index >= 15 is 0 Å². The topological polar surface area (TPSA) is 220 Å². The summed E-state index contributed by atoms with van der Waals surface area (Å²) >= 11 is 11.5. The van der Waals surface area contributed by atoms with Crippen molar-refractivity contribution >= 4 is 91.8 Å². The number of hydrogen-bond acceptors (Lipinski definition) is 10. The van der Waals surface area contributed by atoms with Crippen molar-refractivity contribution in [1.29, 1.82) is 0 Å². The SMILES string of the molecule is CN(C)C(=O)c1ccc2oc(C(=O)Nc3ccc(Cl)cn3)c(N)c2c1.Nc1c(C(=O)Nc2ccc(Cl)cn2)oc2ccc(C(=O)O)cc12. The molecule has 0 aliphatic rings. The number of rotatable bonds is 6. The second kappa shape index (κ2) is 13.7. The van der Waals surface area contributed by atoms with Crippen LogP contribution in [0.25, 0.3) is 21.9 Å². The Kier molecular flexibility index (Phi) is 9.49. The maximum atomic E-state index is 12.4. The Labute approximate surface area is 281 Å². The minimum Gasteiger partial charge on any atom is -0.478 e. The van der Waals surface area contributed by atoms with E-state index in [-0.39, 0.29) is 40.2 Å². The van der Waals surface area contributed by atoms with E-state index in [1.165, 1.54) is 41.6 Å². The van der Waals surface area contributed by atoms with Crippen molar-refractivity contribution in [2.75, 3.05) is 36.2 Å². The molecule has 0 aliphatic carbocycles. The summed E-state index contributed by atoms with van der Waals surface area (Å²) in [5.41, 5.74) is 13.4. The highest BCUT2D eigenvalue weighted by molar-refractivity contribution is 6.30. The van der Waals surface area contributed by atoms with Crippen LogP contribution in [0.3, 0.4) is 0 Å². The van der Waals surface area contributed by atoms with Crippen molar-refractivity contribution in [3.8, 4) is 0 Å². The minimum atomic E-state index is -1.09. The van der Waals surface area contributed by atoms with Gasteiger partial charge in [0.05, 0.1) is 27.0 Å². The predicted molar refractivity (Wildman–Crippen MR) is 181 cm³/mol. The number of furan rings is 2. The Morgan fingerprint density at radius 2 is 1.15 bits per heavy atom. The van der Waals surface area contributed by atoms with Gasteiger partial charge in [0.25, 0.3) is 17.7 Å². The number of carbonyl (C=O) groups is 4. The van der Waals surface area contributed by atoms with E-state index in [4.69, 9.17) is 48.6 Å². The smallest absolute Gasteiger partial charge is 0.335 e. The Morgan fingerprint density at radius 3 is 1.54 bits per heavy atom. The van der Waals surface area contributed by atoms with Gasteiger partial charge in [0.2, 0.25) is 11.5 Å². The standard InChI is InChI=1S/C17H15ClN4O3.C15H10ClN3O4/c1-22(2)17(24)9-3-5-12-11(7-9)14(19)15(25-12)16(23)21-13-6-4-10(18)8-20-13;16-8-2-4-11(18-6-8)19-14(20)13-12(17)9-5-7(15(21)22)1-3-10(9)23-13/h3-8H,19H2,1-2H3,(H,20,21,23);1-6H,17H2,(H,21,22)(H,18,19,20). The summed E-state index contributed by atoms with van der Waals surface area (Å²) < 4.78 is 10.9. The molecule has 2 aromatic carbocycles. The molecule has 0 saturated heterocycles. The average Bonchev–Trinajstić information content (AvgIpc) is 3.58. The number of nitrogens with zero attached hydrogens (tertiary/aromatic N) is 3. The molecule has 4 heterocycles. The second-order valence-electron chi connectivity index (χ2n) is 10.2. The van der Waals surface area contributed by atoms with E-state index < -0.39 is 17.8 Å². The van der Waals surface area contributed by atoms with Gasteiger partial charge in [0.15, 0.2) is 0 Å². The first-order chi connectivity index (χ1) is 22.8. The molecular formula is C32H25Cl2N7O7. The molecular weight excluding hydrogens is 665 g/mol. The molecule has 0 aliphatic heterocycles.